The van der Waals surface area contributed by atoms with E-state index in [9.17, 15) is 9.18 Å². The number of aromatic nitrogens is 1. The van der Waals surface area contributed by atoms with Crippen molar-refractivity contribution in [3.63, 3.8) is 0 Å². The largest absolute Gasteiger partial charge is 0.345 e. The number of nitrogens with zero attached hydrogens (tertiary/aromatic N) is 2. The maximum Gasteiger partial charge on any atom is 0.256 e. The van der Waals surface area contributed by atoms with Crippen LogP contribution in [0.5, 0.6) is 0 Å². The summed E-state index contributed by atoms with van der Waals surface area (Å²) in [5.74, 6) is 3.71. The number of nitrogens with two attached hydrogens (primary N) is 1. The standard InChI is InChI=1S/C8H11FN4O/c1-13(2)8(14)5-3-4-11-7(12-10)6(5)9/h3-4H,10H2,1-2H3,(H,11,12). The molecule has 1 amide bonds. The lowest BCUT2D eigenvalue weighted by Gasteiger charge is -2.11. The quantitative estimate of drug-likeness (QED) is 0.526. The molecule has 0 spiro atoms. The second-order valence-corrected chi connectivity index (χ2v) is 2.87. The number of halogens is 1. The Bertz CT molecular complexity index is 353. The summed E-state index contributed by atoms with van der Waals surface area (Å²) in [6.07, 6.45) is 1.31. The summed E-state index contributed by atoms with van der Waals surface area (Å²) in [7, 11) is 3.08. The molecule has 0 fully saturated rings. The second-order valence-electron chi connectivity index (χ2n) is 2.87. The zero-order valence-electron chi connectivity index (χ0n) is 7.91. The number of hydrogen-bond acceptors (Lipinski definition) is 4. The van der Waals surface area contributed by atoms with Crippen LogP contribution >= 0.6 is 0 Å². The number of amides is 1. The average molecular weight is 198 g/mol. The zero-order chi connectivity index (χ0) is 10.7. The Morgan fingerprint density at radius 1 is 1.64 bits per heavy atom. The first-order valence-electron chi connectivity index (χ1n) is 3.90. The molecule has 0 atom stereocenters. The van der Waals surface area contributed by atoms with Crippen molar-refractivity contribution in [1.82, 2.24) is 9.88 Å². The molecule has 0 aliphatic heterocycles. The van der Waals surface area contributed by atoms with E-state index in [1.165, 1.54) is 31.3 Å². The lowest BCUT2D eigenvalue weighted by atomic mass is 10.2. The molecule has 1 heterocycles. The highest BCUT2D eigenvalue weighted by atomic mass is 19.1. The molecule has 0 aliphatic rings. The summed E-state index contributed by atoms with van der Waals surface area (Å²) in [4.78, 5) is 16.3. The molecule has 0 aliphatic carbocycles. The van der Waals surface area contributed by atoms with E-state index in [0.717, 1.165) is 0 Å². The minimum absolute atomic E-state index is 0.0575. The van der Waals surface area contributed by atoms with Crippen molar-refractivity contribution >= 4 is 11.7 Å². The summed E-state index contributed by atoms with van der Waals surface area (Å²) >= 11 is 0. The molecule has 1 rings (SSSR count). The van der Waals surface area contributed by atoms with Crippen molar-refractivity contribution in [3.05, 3.63) is 23.6 Å². The number of hydrogen-bond donors (Lipinski definition) is 2. The highest BCUT2D eigenvalue weighted by Gasteiger charge is 2.16. The van der Waals surface area contributed by atoms with Crippen LogP contribution in [0.2, 0.25) is 0 Å². The van der Waals surface area contributed by atoms with E-state index in [-0.39, 0.29) is 11.4 Å². The van der Waals surface area contributed by atoms with Gasteiger partial charge in [-0.05, 0) is 6.07 Å². The fraction of sp³-hybridized carbons (Fsp3) is 0.250. The molecule has 0 aromatic carbocycles. The summed E-state index contributed by atoms with van der Waals surface area (Å²) in [6, 6.07) is 1.30. The Hall–Kier alpha value is -1.69. The number of hydrazine groups is 1. The Morgan fingerprint density at radius 2 is 2.29 bits per heavy atom. The topological polar surface area (TPSA) is 71.2 Å². The highest BCUT2D eigenvalue weighted by molar-refractivity contribution is 5.94. The third-order valence-corrected chi connectivity index (χ3v) is 1.66. The van der Waals surface area contributed by atoms with Crippen LogP contribution in [0.1, 0.15) is 10.4 Å². The van der Waals surface area contributed by atoms with Gasteiger partial charge in [0.1, 0.15) is 0 Å². The molecular weight excluding hydrogens is 187 g/mol. The van der Waals surface area contributed by atoms with Gasteiger partial charge in [0.2, 0.25) is 0 Å². The Labute approximate surface area is 80.7 Å². The predicted molar refractivity (Wildman–Crippen MR) is 50.0 cm³/mol. The Balaban J connectivity index is 3.16. The van der Waals surface area contributed by atoms with Crippen molar-refractivity contribution in [2.45, 2.75) is 0 Å². The fourth-order valence-corrected chi connectivity index (χ4v) is 0.950. The average Bonchev–Trinajstić information content (AvgIpc) is 2.17. The number of nitrogens with one attached hydrogen (secondary N) is 1. The third kappa shape index (κ3) is 1.80. The molecule has 0 saturated carbocycles. The van der Waals surface area contributed by atoms with Crippen LogP contribution in [0.15, 0.2) is 12.3 Å². The van der Waals surface area contributed by atoms with Crippen LogP contribution in [0.4, 0.5) is 10.2 Å². The minimum atomic E-state index is -0.742. The van der Waals surface area contributed by atoms with Gasteiger partial charge in [-0.3, -0.25) is 4.79 Å². The van der Waals surface area contributed by atoms with Crippen molar-refractivity contribution in [1.29, 1.82) is 0 Å². The van der Waals surface area contributed by atoms with E-state index in [4.69, 9.17) is 5.84 Å². The van der Waals surface area contributed by atoms with E-state index < -0.39 is 11.7 Å². The van der Waals surface area contributed by atoms with E-state index in [1.807, 2.05) is 0 Å². The van der Waals surface area contributed by atoms with Gasteiger partial charge in [-0.2, -0.15) is 0 Å². The van der Waals surface area contributed by atoms with E-state index in [0.29, 0.717) is 0 Å². The van der Waals surface area contributed by atoms with Gasteiger partial charge in [0, 0.05) is 20.3 Å². The summed E-state index contributed by atoms with van der Waals surface area (Å²) in [5, 5.41) is 0. The minimum Gasteiger partial charge on any atom is -0.345 e. The maximum atomic E-state index is 13.4. The van der Waals surface area contributed by atoms with Crippen LogP contribution in [0.3, 0.4) is 0 Å². The molecule has 1 aromatic rings. The lowest BCUT2D eigenvalue weighted by Crippen LogP contribution is -2.24. The van der Waals surface area contributed by atoms with Gasteiger partial charge in [0.25, 0.3) is 5.91 Å². The molecule has 0 saturated heterocycles. The summed E-state index contributed by atoms with van der Waals surface area (Å²) < 4.78 is 13.4. The van der Waals surface area contributed by atoms with Crippen LogP contribution in [-0.2, 0) is 0 Å². The van der Waals surface area contributed by atoms with Crippen LogP contribution < -0.4 is 11.3 Å². The van der Waals surface area contributed by atoms with Crippen LogP contribution in [0.25, 0.3) is 0 Å². The number of anilines is 1. The van der Waals surface area contributed by atoms with Gasteiger partial charge in [0.05, 0.1) is 5.56 Å². The highest BCUT2D eigenvalue weighted by Crippen LogP contribution is 2.14. The Kier molecular flexibility index (Phi) is 2.98. The third-order valence-electron chi connectivity index (χ3n) is 1.66. The first kappa shape index (κ1) is 10.4. The first-order valence-corrected chi connectivity index (χ1v) is 3.90. The van der Waals surface area contributed by atoms with E-state index in [2.05, 4.69) is 10.4 Å². The smallest absolute Gasteiger partial charge is 0.256 e. The van der Waals surface area contributed by atoms with Crippen LogP contribution in [0, 0.1) is 5.82 Å². The normalized spacial score (nSPS) is 9.71. The maximum absolute atomic E-state index is 13.4. The van der Waals surface area contributed by atoms with Gasteiger partial charge < -0.3 is 10.3 Å². The molecular formula is C8H11FN4O. The lowest BCUT2D eigenvalue weighted by molar-refractivity contribution is 0.0823. The molecule has 76 valence electrons. The SMILES string of the molecule is CN(C)C(=O)c1ccnc(NN)c1F. The van der Waals surface area contributed by atoms with Crippen molar-refractivity contribution in [2.75, 3.05) is 19.5 Å². The van der Waals surface area contributed by atoms with Gasteiger partial charge >= 0.3 is 0 Å². The van der Waals surface area contributed by atoms with E-state index in [1.54, 1.807) is 0 Å². The number of carbonyl (C=O) groups excluding carboxylic acids is 1. The molecule has 0 bridgehead atoms. The van der Waals surface area contributed by atoms with Crippen molar-refractivity contribution in [3.8, 4) is 0 Å². The van der Waals surface area contributed by atoms with E-state index >= 15 is 0 Å². The number of carbonyl (C=O) groups is 1. The molecule has 14 heavy (non-hydrogen) atoms. The summed E-state index contributed by atoms with van der Waals surface area (Å²) in [6.45, 7) is 0. The molecule has 0 radical (unpaired) electrons. The van der Waals surface area contributed by atoms with Crippen LogP contribution in [-0.4, -0.2) is 29.9 Å². The summed E-state index contributed by atoms with van der Waals surface area (Å²) in [5.41, 5.74) is 2.02. The van der Waals surface area contributed by atoms with Gasteiger partial charge in [-0.1, -0.05) is 0 Å². The van der Waals surface area contributed by atoms with Gasteiger partial charge in [-0.15, -0.1) is 0 Å². The van der Waals surface area contributed by atoms with Gasteiger partial charge in [0.15, 0.2) is 11.6 Å². The molecule has 6 heteroatoms. The second kappa shape index (κ2) is 4.01. The number of pyridine rings is 1. The van der Waals surface area contributed by atoms with Crippen molar-refractivity contribution < 1.29 is 9.18 Å². The van der Waals surface area contributed by atoms with Gasteiger partial charge in [-0.25, -0.2) is 15.2 Å². The predicted octanol–water partition coefficient (Wildman–Crippen LogP) is 0.208. The number of rotatable bonds is 2. The molecule has 3 N–H and O–H groups in total. The zero-order valence-corrected chi connectivity index (χ0v) is 7.91. The molecule has 5 nitrogen and oxygen atoms in total. The Morgan fingerprint density at radius 3 is 2.79 bits per heavy atom. The number of nitrogen functional groups attached to an aromatic ring is 1. The fourth-order valence-electron chi connectivity index (χ4n) is 0.950. The first-order chi connectivity index (χ1) is 6.57. The molecule has 0 unspecified atom stereocenters. The van der Waals surface area contributed by atoms with Crippen molar-refractivity contribution in [2.24, 2.45) is 5.84 Å². The molecule has 1 aromatic heterocycles. The monoisotopic (exact) mass is 198 g/mol.